The van der Waals surface area contributed by atoms with Crippen molar-refractivity contribution < 1.29 is 13.2 Å². The zero-order chi connectivity index (χ0) is 13.9. The standard InChI is InChI=1S/C10H14BrClN2O3S.ClH/c1-6(5-13)14-18(15,16)9-4-7(12)3-8(11)10(9)17-2;/h3-4,6,14H,5,13H2,1-2H3;1H/t6-;/m1./s1. The third kappa shape index (κ3) is 4.77. The van der Waals surface area contributed by atoms with Crippen molar-refractivity contribution in [2.75, 3.05) is 13.7 Å². The second kappa shape index (κ2) is 7.66. The Kier molecular flexibility index (Phi) is 7.64. The van der Waals surface area contributed by atoms with E-state index in [2.05, 4.69) is 20.7 Å². The van der Waals surface area contributed by atoms with Crippen LogP contribution < -0.4 is 15.2 Å². The van der Waals surface area contributed by atoms with Crippen LogP contribution in [0.2, 0.25) is 5.02 Å². The van der Waals surface area contributed by atoms with Gasteiger partial charge in [-0.2, -0.15) is 0 Å². The Morgan fingerprint density at radius 1 is 1.53 bits per heavy atom. The van der Waals surface area contributed by atoms with Crippen molar-refractivity contribution in [3.63, 3.8) is 0 Å². The molecule has 0 unspecified atom stereocenters. The monoisotopic (exact) mass is 392 g/mol. The predicted molar refractivity (Wildman–Crippen MR) is 81.8 cm³/mol. The van der Waals surface area contributed by atoms with Crippen molar-refractivity contribution in [3.05, 3.63) is 21.6 Å². The molecule has 0 aliphatic rings. The molecule has 0 spiro atoms. The Morgan fingerprint density at radius 2 is 2.11 bits per heavy atom. The van der Waals surface area contributed by atoms with E-state index < -0.39 is 10.0 Å². The van der Waals surface area contributed by atoms with Crippen LogP contribution in [-0.2, 0) is 10.0 Å². The molecule has 0 bridgehead atoms. The highest BCUT2D eigenvalue weighted by Gasteiger charge is 2.23. The molecule has 1 atom stereocenters. The number of rotatable bonds is 5. The second-order valence-corrected chi connectivity index (χ2v) is 6.65. The Labute approximate surface area is 132 Å². The van der Waals surface area contributed by atoms with Crippen molar-refractivity contribution in [3.8, 4) is 5.75 Å². The Morgan fingerprint density at radius 3 is 2.58 bits per heavy atom. The summed E-state index contributed by atoms with van der Waals surface area (Å²) in [6.07, 6.45) is 0. The van der Waals surface area contributed by atoms with Gasteiger partial charge in [0.25, 0.3) is 0 Å². The van der Waals surface area contributed by atoms with Crippen molar-refractivity contribution >= 4 is 50.0 Å². The average molecular weight is 394 g/mol. The van der Waals surface area contributed by atoms with Crippen LogP contribution in [-0.4, -0.2) is 28.1 Å². The summed E-state index contributed by atoms with van der Waals surface area (Å²) < 4.78 is 32.3. The molecule has 0 radical (unpaired) electrons. The first kappa shape index (κ1) is 18.9. The van der Waals surface area contributed by atoms with Crippen LogP contribution >= 0.6 is 39.9 Å². The molecule has 0 amide bonds. The molecule has 1 aromatic rings. The van der Waals surface area contributed by atoms with Gasteiger partial charge >= 0.3 is 0 Å². The van der Waals surface area contributed by atoms with E-state index in [4.69, 9.17) is 22.1 Å². The minimum absolute atomic E-state index is 0. The number of nitrogens with one attached hydrogen (secondary N) is 1. The Balaban J connectivity index is 0.00000324. The number of ether oxygens (including phenoxy) is 1. The Hall–Kier alpha value is -0.0500. The van der Waals surface area contributed by atoms with E-state index in [1.807, 2.05) is 0 Å². The van der Waals surface area contributed by atoms with Crippen LogP contribution in [0.1, 0.15) is 6.92 Å². The zero-order valence-corrected chi connectivity index (χ0v) is 14.3. The van der Waals surface area contributed by atoms with Crippen LogP contribution in [0.4, 0.5) is 0 Å². The van der Waals surface area contributed by atoms with Crippen molar-refractivity contribution in [1.29, 1.82) is 0 Å². The number of hydrogen-bond acceptors (Lipinski definition) is 4. The predicted octanol–water partition coefficient (Wildman–Crippen LogP) is 2.16. The molecular weight excluding hydrogens is 379 g/mol. The maximum absolute atomic E-state index is 12.2. The molecule has 0 saturated carbocycles. The maximum atomic E-state index is 12.2. The third-order valence-corrected chi connectivity index (χ3v) is 4.58. The largest absolute Gasteiger partial charge is 0.494 e. The number of hydrogen-bond donors (Lipinski definition) is 2. The number of nitrogens with two attached hydrogens (primary N) is 1. The van der Waals surface area contributed by atoms with Gasteiger partial charge in [0.05, 0.1) is 11.6 Å². The highest BCUT2D eigenvalue weighted by Crippen LogP contribution is 2.35. The summed E-state index contributed by atoms with van der Waals surface area (Å²) in [5, 5.41) is 0.295. The summed E-state index contributed by atoms with van der Waals surface area (Å²) in [5.41, 5.74) is 5.39. The highest BCUT2D eigenvalue weighted by atomic mass is 79.9. The fourth-order valence-corrected chi connectivity index (χ4v) is 3.95. The van der Waals surface area contributed by atoms with Crippen LogP contribution in [0.15, 0.2) is 21.5 Å². The molecular formula is C10H15BrCl2N2O3S. The van der Waals surface area contributed by atoms with Gasteiger partial charge in [-0.1, -0.05) is 11.6 Å². The second-order valence-electron chi connectivity index (χ2n) is 3.68. The highest BCUT2D eigenvalue weighted by molar-refractivity contribution is 9.10. The minimum atomic E-state index is -3.73. The summed E-state index contributed by atoms with van der Waals surface area (Å²) in [4.78, 5) is -0.0234. The maximum Gasteiger partial charge on any atom is 0.244 e. The van der Waals surface area contributed by atoms with Crippen LogP contribution in [0, 0.1) is 0 Å². The minimum Gasteiger partial charge on any atom is -0.494 e. The van der Waals surface area contributed by atoms with Gasteiger partial charge in [-0.25, -0.2) is 13.1 Å². The van der Waals surface area contributed by atoms with Gasteiger partial charge < -0.3 is 10.5 Å². The van der Waals surface area contributed by atoms with Gasteiger partial charge in [-0.15, -0.1) is 12.4 Å². The molecule has 1 rings (SSSR count). The lowest BCUT2D eigenvalue weighted by Crippen LogP contribution is -2.37. The SMILES string of the molecule is COc1c(Br)cc(Cl)cc1S(=O)(=O)N[C@H](C)CN.Cl. The van der Waals surface area contributed by atoms with E-state index in [0.717, 1.165) is 0 Å². The van der Waals surface area contributed by atoms with Gasteiger partial charge in [0, 0.05) is 17.6 Å². The van der Waals surface area contributed by atoms with Gasteiger partial charge in [0.15, 0.2) is 5.75 Å². The number of benzene rings is 1. The number of methoxy groups -OCH3 is 1. The lowest BCUT2D eigenvalue weighted by Gasteiger charge is -2.15. The Bertz CT molecular complexity index is 540. The molecule has 9 heteroatoms. The van der Waals surface area contributed by atoms with Gasteiger partial charge in [-0.3, -0.25) is 0 Å². The molecule has 0 fully saturated rings. The van der Waals surface area contributed by atoms with Crippen LogP contribution in [0.25, 0.3) is 0 Å². The smallest absolute Gasteiger partial charge is 0.244 e. The quantitative estimate of drug-likeness (QED) is 0.802. The zero-order valence-electron chi connectivity index (χ0n) is 10.3. The molecule has 19 heavy (non-hydrogen) atoms. The van der Waals surface area contributed by atoms with Gasteiger partial charge in [-0.05, 0) is 35.0 Å². The summed E-state index contributed by atoms with van der Waals surface area (Å²) in [7, 11) is -2.34. The van der Waals surface area contributed by atoms with Crippen molar-refractivity contribution in [2.24, 2.45) is 5.73 Å². The van der Waals surface area contributed by atoms with Crippen molar-refractivity contribution in [1.82, 2.24) is 4.72 Å². The van der Waals surface area contributed by atoms with Crippen LogP contribution in [0.3, 0.4) is 0 Å². The first-order valence-electron chi connectivity index (χ1n) is 5.07. The van der Waals surface area contributed by atoms with E-state index >= 15 is 0 Å². The van der Waals surface area contributed by atoms with Gasteiger partial charge in [0.2, 0.25) is 10.0 Å². The summed E-state index contributed by atoms with van der Waals surface area (Å²) in [6, 6.07) is 2.51. The van der Waals surface area contributed by atoms with Crippen molar-refractivity contribution in [2.45, 2.75) is 17.9 Å². The van der Waals surface area contributed by atoms with E-state index in [1.54, 1.807) is 13.0 Å². The molecule has 0 heterocycles. The fraction of sp³-hybridized carbons (Fsp3) is 0.400. The first-order valence-corrected chi connectivity index (χ1v) is 7.72. The number of halogens is 3. The third-order valence-electron chi connectivity index (χ3n) is 2.18. The molecule has 0 aromatic heterocycles. The van der Waals surface area contributed by atoms with E-state index in [9.17, 15) is 8.42 Å². The normalized spacial score (nSPS) is 12.7. The van der Waals surface area contributed by atoms with E-state index in [1.165, 1.54) is 13.2 Å². The molecule has 0 aliphatic heterocycles. The number of sulfonamides is 1. The van der Waals surface area contributed by atoms with Gasteiger partial charge in [0.1, 0.15) is 4.90 Å². The molecule has 110 valence electrons. The topological polar surface area (TPSA) is 81.4 Å². The summed E-state index contributed by atoms with van der Waals surface area (Å²) in [6.45, 7) is 1.87. The molecule has 5 nitrogen and oxygen atoms in total. The molecule has 0 saturated heterocycles. The summed E-state index contributed by atoms with van der Waals surface area (Å²) >= 11 is 9.06. The first-order chi connectivity index (χ1) is 8.31. The fourth-order valence-electron chi connectivity index (χ4n) is 1.31. The molecule has 3 N–H and O–H groups in total. The molecule has 0 aliphatic carbocycles. The lowest BCUT2D eigenvalue weighted by molar-refractivity contribution is 0.399. The van der Waals surface area contributed by atoms with Crippen LogP contribution in [0.5, 0.6) is 5.75 Å². The molecule has 1 aromatic carbocycles. The summed E-state index contributed by atoms with van der Waals surface area (Å²) in [5.74, 6) is 0.205. The van der Waals surface area contributed by atoms with E-state index in [-0.39, 0.29) is 35.6 Å². The van der Waals surface area contributed by atoms with E-state index in [0.29, 0.717) is 9.50 Å². The average Bonchev–Trinajstić information content (AvgIpc) is 2.27. The lowest BCUT2D eigenvalue weighted by atomic mass is 10.3.